The Morgan fingerprint density at radius 3 is 2.37 bits per heavy atom. The molecule has 1 unspecified atom stereocenters. The summed E-state index contributed by atoms with van der Waals surface area (Å²) in [6.07, 6.45) is 0. The topological polar surface area (TPSA) is 102 Å². The van der Waals surface area contributed by atoms with Crippen LogP contribution in [0.5, 0.6) is 0 Å². The number of nitro groups is 1. The van der Waals surface area contributed by atoms with Crippen LogP contribution in [0, 0.1) is 24.0 Å². The molecule has 0 amide bonds. The highest BCUT2D eigenvalue weighted by Gasteiger charge is 2.26. The molecule has 1 heterocycles. The summed E-state index contributed by atoms with van der Waals surface area (Å²) < 4.78 is 34.2. The number of aryl methyl sites for hydroxylation is 2. The van der Waals surface area contributed by atoms with Crippen molar-refractivity contribution in [2.75, 3.05) is 32.8 Å². The number of nitrogens with one attached hydrogen (secondary N) is 1. The van der Waals surface area contributed by atoms with Crippen LogP contribution in [0.1, 0.15) is 22.7 Å². The fraction of sp³-hybridized carbons (Fsp3) is 0.400. The third-order valence-electron chi connectivity index (χ3n) is 5.01. The summed E-state index contributed by atoms with van der Waals surface area (Å²) in [7, 11) is -3.95. The van der Waals surface area contributed by atoms with Gasteiger partial charge in [0.2, 0.25) is 10.0 Å². The number of ether oxygens (including phenoxy) is 1. The molecule has 30 heavy (non-hydrogen) atoms. The first-order valence-electron chi connectivity index (χ1n) is 9.40. The molecule has 0 aromatic heterocycles. The van der Waals surface area contributed by atoms with Crippen molar-refractivity contribution in [3.8, 4) is 0 Å². The summed E-state index contributed by atoms with van der Waals surface area (Å²) in [5.74, 6) is 0. The van der Waals surface area contributed by atoms with Gasteiger partial charge in [0, 0.05) is 31.3 Å². The fourth-order valence-electron chi connectivity index (χ4n) is 3.26. The molecule has 0 radical (unpaired) electrons. The highest BCUT2D eigenvalue weighted by Crippen LogP contribution is 2.24. The van der Waals surface area contributed by atoms with E-state index in [1.807, 2.05) is 31.2 Å². The second kappa shape index (κ2) is 10.3. The molecule has 1 N–H and O–H groups in total. The van der Waals surface area contributed by atoms with E-state index in [0.717, 1.165) is 30.3 Å². The van der Waals surface area contributed by atoms with E-state index in [9.17, 15) is 18.5 Å². The summed E-state index contributed by atoms with van der Waals surface area (Å²) in [6.45, 7) is 6.70. The highest BCUT2D eigenvalue weighted by atomic mass is 35.5. The maximum atomic E-state index is 13.0. The zero-order valence-corrected chi connectivity index (χ0v) is 18.5. The van der Waals surface area contributed by atoms with Gasteiger partial charge in [-0.15, -0.1) is 12.4 Å². The monoisotopic (exact) mass is 455 g/mol. The molecule has 10 heteroatoms. The number of nitrogens with zero attached hydrogens (tertiary/aromatic N) is 2. The van der Waals surface area contributed by atoms with Gasteiger partial charge in [0.05, 0.1) is 29.1 Å². The normalized spacial score (nSPS) is 15.9. The molecule has 0 bridgehead atoms. The Balaban J connectivity index is 0.00000320. The molecule has 1 saturated heterocycles. The lowest BCUT2D eigenvalue weighted by Crippen LogP contribution is -2.43. The Kier molecular flexibility index (Phi) is 8.34. The second-order valence-corrected chi connectivity index (χ2v) is 8.92. The predicted molar refractivity (Wildman–Crippen MR) is 117 cm³/mol. The maximum Gasteiger partial charge on any atom is 0.273 e. The smallest absolute Gasteiger partial charge is 0.273 e. The average molecular weight is 456 g/mol. The fourth-order valence-corrected chi connectivity index (χ4v) is 4.50. The number of hydrogen-bond acceptors (Lipinski definition) is 6. The molecule has 3 rings (SSSR count). The molecule has 8 nitrogen and oxygen atoms in total. The minimum Gasteiger partial charge on any atom is -0.379 e. The zero-order valence-electron chi connectivity index (χ0n) is 16.9. The summed E-state index contributed by atoms with van der Waals surface area (Å²) in [4.78, 5) is 12.7. The van der Waals surface area contributed by atoms with E-state index in [2.05, 4.69) is 9.62 Å². The van der Waals surface area contributed by atoms with Crippen LogP contribution in [0.3, 0.4) is 0 Å². The average Bonchev–Trinajstić information content (AvgIpc) is 2.68. The van der Waals surface area contributed by atoms with Crippen molar-refractivity contribution in [2.45, 2.75) is 24.8 Å². The van der Waals surface area contributed by atoms with Gasteiger partial charge in [0.15, 0.2) is 0 Å². The Hall–Kier alpha value is -2.04. The van der Waals surface area contributed by atoms with Gasteiger partial charge in [0.25, 0.3) is 5.69 Å². The Labute approximate surface area is 182 Å². The quantitative estimate of drug-likeness (QED) is 0.508. The van der Waals surface area contributed by atoms with Crippen LogP contribution in [0.4, 0.5) is 5.69 Å². The van der Waals surface area contributed by atoms with Crippen molar-refractivity contribution in [3.63, 3.8) is 0 Å². The first-order chi connectivity index (χ1) is 13.8. The van der Waals surface area contributed by atoms with Gasteiger partial charge in [-0.2, -0.15) is 0 Å². The first-order valence-corrected chi connectivity index (χ1v) is 10.9. The number of benzene rings is 2. The lowest BCUT2D eigenvalue weighted by Gasteiger charge is -2.31. The molecular weight excluding hydrogens is 430 g/mol. The largest absolute Gasteiger partial charge is 0.379 e. The van der Waals surface area contributed by atoms with Crippen molar-refractivity contribution in [1.82, 2.24) is 9.62 Å². The minimum absolute atomic E-state index is 0. The van der Waals surface area contributed by atoms with Crippen LogP contribution in [0.15, 0.2) is 47.4 Å². The molecule has 164 valence electrons. The number of rotatable bonds is 7. The van der Waals surface area contributed by atoms with Gasteiger partial charge in [-0.3, -0.25) is 15.0 Å². The van der Waals surface area contributed by atoms with Gasteiger partial charge >= 0.3 is 0 Å². The summed E-state index contributed by atoms with van der Waals surface area (Å²) in [6, 6.07) is 11.2. The Morgan fingerprint density at radius 2 is 1.77 bits per heavy atom. The van der Waals surface area contributed by atoms with Gasteiger partial charge in [-0.25, -0.2) is 13.1 Å². The molecule has 1 fully saturated rings. The van der Waals surface area contributed by atoms with E-state index >= 15 is 0 Å². The van der Waals surface area contributed by atoms with E-state index in [1.165, 1.54) is 12.1 Å². The van der Waals surface area contributed by atoms with Gasteiger partial charge in [0.1, 0.15) is 0 Å². The van der Waals surface area contributed by atoms with Crippen LogP contribution >= 0.6 is 12.4 Å². The van der Waals surface area contributed by atoms with Gasteiger partial charge in [-0.05, 0) is 25.5 Å². The molecule has 1 atom stereocenters. The lowest BCUT2D eigenvalue weighted by molar-refractivity contribution is -0.385. The van der Waals surface area contributed by atoms with E-state index in [0.29, 0.717) is 25.3 Å². The van der Waals surface area contributed by atoms with E-state index < -0.39 is 21.0 Å². The standard InChI is InChI=1S/C20H25N3O5S.ClH/c1-15-3-6-17(7-4-15)19(14-22-9-11-28-12-10-22)21-29(26,27)18-8-5-16(2)20(13-18)23(24)25;/h3-8,13,19,21H,9-12,14H2,1-2H3;1H. The van der Waals surface area contributed by atoms with Crippen molar-refractivity contribution in [2.24, 2.45) is 0 Å². The Bertz CT molecular complexity index is 976. The SMILES string of the molecule is Cc1ccc(C(CN2CCOCC2)NS(=O)(=O)c2ccc(C)c([N+](=O)[O-])c2)cc1.Cl. The molecule has 2 aromatic rings. The summed E-state index contributed by atoms with van der Waals surface area (Å²) in [5.41, 5.74) is 2.12. The van der Waals surface area contributed by atoms with Gasteiger partial charge in [-0.1, -0.05) is 35.9 Å². The number of hydrogen-bond donors (Lipinski definition) is 1. The van der Waals surface area contributed by atoms with E-state index in [4.69, 9.17) is 4.74 Å². The molecule has 0 saturated carbocycles. The summed E-state index contributed by atoms with van der Waals surface area (Å²) in [5, 5.41) is 11.2. The van der Waals surface area contributed by atoms with Crippen molar-refractivity contribution < 1.29 is 18.1 Å². The third kappa shape index (κ3) is 5.99. The van der Waals surface area contributed by atoms with Crippen LogP contribution in [-0.2, 0) is 14.8 Å². The van der Waals surface area contributed by atoms with Crippen molar-refractivity contribution in [3.05, 3.63) is 69.3 Å². The van der Waals surface area contributed by atoms with Crippen molar-refractivity contribution >= 4 is 28.1 Å². The Morgan fingerprint density at radius 1 is 1.13 bits per heavy atom. The number of nitro benzene ring substituents is 1. The van der Waals surface area contributed by atoms with Gasteiger partial charge < -0.3 is 4.74 Å². The highest BCUT2D eigenvalue weighted by molar-refractivity contribution is 7.89. The molecule has 1 aliphatic rings. The maximum absolute atomic E-state index is 13.0. The minimum atomic E-state index is -3.95. The molecule has 2 aromatic carbocycles. The summed E-state index contributed by atoms with van der Waals surface area (Å²) >= 11 is 0. The molecule has 1 aliphatic heterocycles. The van der Waals surface area contributed by atoms with E-state index in [-0.39, 0.29) is 23.0 Å². The first kappa shape index (κ1) is 24.2. The van der Waals surface area contributed by atoms with Crippen LogP contribution in [-0.4, -0.2) is 51.1 Å². The van der Waals surface area contributed by atoms with E-state index in [1.54, 1.807) is 6.92 Å². The number of halogens is 1. The molecule has 0 aliphatic carbocycles. The van der Waals surface area contributed by atoms with Crippen LogP contribution in [0.25, 0.3) is 0 Å². The molecule has 0 spiro atoms. The van der Waals surface area contributed by atoms with Crippen LogP contribution < -0.4 is 4.72 Å². The zero-order chi connectivity index (χ0) is 21.0. The second-order valence-electron chi connectivity index (χ2n) is 7.20. The number of sulfonamides is 1. The lowest BCUT2D eigenvalue weighted by atomic mass is 10.1. The number of morpholine rings is 1. The van der Waals surface area contributed by atoms with Crippen molar-refractivity contribution in [1.29, 1.82) is 0 Å². The predicted octanol–water partition coefficient (Wildman–Crippen LogP) is 2.99. The van der Waals surface area contributed by atoms with Crippen LogP contribution in [0.2, 0.25) is 0 Å². The third-order valence-corrected chi connectivity index (χ3v) is 6.48. The molecular formula is C20H26ClN3O5S.